The highest BCUT2D eigenvalue weighted by Crippen LogP contribution is 2.31. The molecule has 1 atom stereocenters. The number of ether oxygens (including phenoxy) is 2. The summed E-state index contributed by atoms with van der Waals surface area (Å²) in [5, 5.41) is 4.07. The van der Waals surface area contributed by atoms with Crippen molar-refractivity contribution in [3.05, 3.63) is 27.2 Å². The monoisotopic (exact) mass is 347 g/mol. The lowest BCUT2D eigenvalue weighted by atomic mass is 10.2. The second-order valence-corrected chi connectivity index (χ2v) is 6.01. The van der Waals surface area contributed by atoms with Crippen LogP contribution in [0.2, 0.25) is 5.02 Å². The fourth-order valence-electron chi connectivity index (χ4n) is 2.17. The van der Waals surface area contributed by atoms with Gasteiger partial charge in [-0.05, 0) is 53.4 Å². The zero-order valence-corrected chi connectivity index (χ0v) is 13.4. The molecule has 3 nitrogen and oxygen atoms in total. The molecule has 1 fully saturated rings. The summed E-state index contributed by atoms with van der Waals surface area (Å²) in [5.41, 5.74) is 1.04. The molecule has 1 saturated heterocycles. The zero-order chi connectivity index (χ0) is 13.7. The normalized spacial score (nSPS) is 18.8. The number of hydrogen-bond donors (Lipinski definition) is 1. The third-order valence-corrected chi connectivity index (χ3v) is 3.92. The molecule has 0 bridgehead atoms. The molecule has 0 radical (unpaired) electrons. The zero-order valence-electron chi connectivity index (χ0n) is 11.0. The average molecular weight is 349 g/mol. The first-order valence-corrected chi connectivity index (χ1v) is 7.74. The lowest BCUT2D eigenvalue weighted by Crippen LogP contribution is -2.29. The Bertz CT molecular complexity index is 399. The van der Waals surface area contributed by atoms with Gasteiger partial charge in [0.05, 0.1) is 10.6 Å². The molecular formula is C14H19BrClNO2. The number of aryl methyl sites for hydroxylation is 1. The Balaban J connectivity index is 1.70. The Hall–Kier alpha value is -0.290. The molecule has 2 rings (SSSR count). The first kappa shape index (κ1) is 15.1. The Morgan fingerprint density at radius 2 is 2.37 bits per heavy atom. The van der Waals surface area contributed by atoms with Crippen LogP contribution in [0.4, 0.5) is 0 Å². The van der Waals surface area contributed by atoms with E-state index in [9.17, 15) is 0 Å². The highest BCUT2D eigenvalue weighted by atomic mass is 79.9. The molecule has 19 heavy (non-hydrogen) atoms. The summed E-state index contributed by atoms with van der Waals surface area (Å²) in [6, 6.07) is 3.76. The molecule has 1 aromatic rings. The van der Waals surface area contributed by atoms with Crippen molar-refractivity contribution in [3.63, 3.8) is 0 Å². The molecule has 0 aliphatic carbocycles. The summed E-state index contributed by atoms with van der Waals surface area (Å²) in [5.74, 6) is 0.864. The third-order valence-electron chi connectivity index (χ3n) is 3.12. The van der Waals surface area contributed by atoms with Crippen molar-refractivity contribution in [2.24, 2.45) is 0 Å². The lowest BCUT2D eigenvalue weighted by molar-refractivity contribution is 0.109. The van der Waals surface area contributed by atoms with Gasteiger partial charge in [0.25, 0.3) is 0 Å². The molecule has 1 N–H and O–H groups in total. The van der Waals surface area contributed by atoms with E-state index in [4.69, 9.17) is 21.1 Å². The largest absolute Gasteiger partial charge is 0.491 e. The van der Waals surface area contributed by atoms with Crippen molar-refractivity contribution in [2.45, 2.75) is 25.9 Å². The summed E-state index contributed by atoms with van der Waals surface area (Å²) >= 11 is 9.44. The predicted octanol–water partition coefficient (Wildman–Crippen LogP) is 3.56. The minimum atomic E-state index is 0.379. The van der Waals surface area contributed by atoms with Crippen LogP contribution in [-0.2, 0) is 4.74 Å². The van der Waals surface area contributed by atoms with Gasteiger partial charge >= 0.3 is 0 Å². The van der Waals surface area contributed by atoms with Crippen molar-refractivity contribution in [2.75, 3.05) is 26.3 Å². The summed E-state index contributed by atoms with van der Waals surface area (Å²) in [6.45, 7) is 5.25. The van der Waals surface area contributed by atoms with E-state index in [1.807, 2.05) is 19.1 Å². The van der Waals surface area contributed by atoms with Crippen molar-refractivity contribution in [3.8, 4) is 5.75 Å². The predicted molar refractivity (Wildman–Crippen MR) is 81.2 cm³/mol. The fraction of sp³-hybridized carbons (Fsp3) is 0.571. The molecule has 0 saturated carbocycles. The van der Waals surface area contributed by atoms with Gasteiger partial charge in [-0.25, -0.2) is 0 Å². The van der Waals surface area contributed by atoms with Gasteiger partial charge < -0.3 is 14.8 Å². The number of rotatable bonds is 6. The van der Waals surface area contributed by atoms with Gasteiger partial charge in [0.2, 0.25) is 0 Å². The molecule has 1 aromatic carbocycles. The van der Waals surface area contributed by atoms with Gasteiger partial charge in [0.15, 0.2) is 0 Å². The molecular weight excluding hydrogens is 330 g/mol. The van der Waals surface area contributed by atoms with Crippen LogP contribution in [0.15, 0.2) is 16.6 Å². The van der Waals surface area contributed by atoms with E-state index in [2.05, 4.69) is 21.2 Å². The molecule has 1 aliphatic rings. The van der Waals surface area contributed by atoms with Crippen LogP contribution in [0.25, 0.3) is 0 Å². The minimum absolute atomic E-state index is 0.379. The van der Waals surface area contributed by atoms with E-state index in [0.29, 0.717) is 17.7 Å². The molecule has 1 aliphatic heterocycles. The Morgan fingerprint density at radius 1 is 1.53 bits per heavy atom. The average Bonchev–Trinajstić information content (AvgIpc) is 2.84. The third kappa shape index (κ3) is 4.63. The van der Waals surface area contributed by atoms with E-state index in [-0.39, 0.29) is 0 Å². The summed E-state index contributed by atoms with van der Waals surface area (Å²) in [6.07, 6.45) is 2.72. The molecule has 1 heterocycles. The van der Waals surface area contributed by atoms with Crippen LogP contribution in [0.3, 0.4) is 0 Å². The van der Waals surface area contributed by atoms with Crippen LogP contribution < -0.4 is 10.1 Å². The Kier molecular flexibility index (Phi) is 5.95. The van der Waals surface area contributed by atoms with Crippen molar-refractivity contribution in [1.82, 2.24) is 5.32 Å². The van der Waals surface area contributed by atoms with Crippen LogP contribution in [0, 0.1) is 6.92 Å². The van der Waals surface area contributed by atoms with Crippen LogP contribution >= 0.6 is 27.5 Å². The van der Waals surface area contributed by atoms with Gasteiger partial charge in [0.1, 0.15) is 12.4 Å². The van der Waals surface area contributed by atoms with Crippen molar-refractivity contribution < 1.29 is 9.47 Å². The number of hydrogen-bond acceptors (Lipinski definition) is 3. The van der Waals surface area contributed by atoms with Gasteiger partial charge in [-0.1, -0.05) is 11.6 Å². The van der Waals surface area contributed by atoms with Gasteiger partial charge in [-0.3, -0.25) is 0 Å². The lowest BCUT2D eigenvalue weighted by Gasteiger charge is -2.13. The second-order valence-electron chi connectivity index (χ2n) is 4.72. The maximum Gasteiger partial charge on any atom is 0.136 e. The maximum absolute atomic E-state index is 5.97. The van der Waals surface area contributed by atoms with E-state index in [1.165, 1.54) is 6.42 Å². The standard InChI is InChI=1S/C14H19BrClNO2/c1-10-7-11(16)8-13(15)14(10)19-6-4-17-9-12-3-2-5-18-12/h7-8,12,17H,2-6,9H2,1H3/t12-/m1/s1. The maximum atomic E-state index is 5.97. The molecule has 5 heteroatoms. The van der Waals surface area contributed by atoms with Crippen molar-refractivity contribution in [1.29, 1.82) is 0 Å². The smallest absolute Gasteiger partial charge is 0.136 e. The molecule has 106 valence electrons. The molecule has 0 unspecified atom stereocenters. The van der Waals surface area contributed by atoms with E-state index < -0.39 is 0 Å². The first-order chi connectivity index (χ1) is 9.16. The summed E-state index contributed by atoms with van der Waals surface area (Å²) in [4.78, 5) is 0. The van der Waals surface area contributed by atoms with Crippen molar-refractivity contribution >= 4 is 27.5 Å². The fourth-order valence-corrected chi connectivity index (χ4v) is 3.24. The molecule has 0 aromatic heterocycles. The summed E-state index contributed by atoms with van der Waals surface area (Å²) in [7, 11) is 0. The number of halogens is 2. The van der Waals surface area contributed by atoms with Crippen LogP contribution in [0.1, 0.15) is 18.4 Å². The van der Waals surface area contributed by atoms with E-state index >= 15 is 0 Å². The first-order valence-electron chi connectivity index (χ1n) is 6.57. The minimum Gasteiger partial charge on any atom is -0.491 e. The Labute approximate surface area is 127 Å². The van der Waals surface area contributed by atoms with E-state index in [1.54, 1.807) is 0 Å². The topological polar surface area (TPSA) is 30.5 Å². The van der Waals surface area contributed by atoms with Gasteiger partial charge in [-0.2, -0.15) is 0 Å². The van der Waals surface area contributed by atoms with Crippen LogP contribution in [0.5, 0.6) is 5.75 Å². The number of nitrogens with one attached hydrogen (secondary N) is 1. The highest BCUT2D eigenvalue weighted by molar-refractivity contribution is 9.10. The van der Waals surface area contributed by atoms with Gasteiger partial charge in [-0.15, -0.1) is 0 Å². The van der Waals surface area contributed by atoms with Gasteiger partial charge in [0, 0.05) is 24.7 Å². The SMILES string of the molecule is Cc1cc(Cl)cc(Br)c1OCCNC[C@H]1CCCO1. The molecule has 0 amide bonds. The quantitative estimate of drug-likeness (QED) is 0.797. The van der Waals surface area contributed by atoms with E-state index in [0.717, 1.165) is 41.9 Å². The highest BCUT2D eigenvalue weighted by Gasteiger charge is 2.14. The van der Waals surface area contributed by atoms with Crippen LogP contribution in [-0.4, -0.2) is 32.4 Å². The summed E-state index contributed by atoms with van der Waals surface area (Å²) < 4.78 is 12.2. The second kappa shape index (κ2) is 7.48. The Morgan fingerprint density at radius 3 is 3.05 bits per heavy atom. The molecule has 0 spiro atoms. The number of benzene rings is 1.